The van der Waals surface area contributed by atoms with Gasteiger partial charge >= 0.3 is 0 Å². The Morgan fingerprint density at radius 3 is 1.41 bits per heavy atom. The van der Waals surface area contributed by atoms with Crippen LogP contribution in [0.2, 0.25) is 0 Å². The van der Waals surface area contributed by atoms with E-state index in [9.17, 15) is 0 Å². The first kappa shape index (κ1) is 32.6. The molecule has 12 rings (SSSR count). The molecule has 0 unspecified atom stereocenters. The Hall–Kier alpha value is -7.68. The van der Waals surface area contributed by atoms with Gasteiger partial charge < -0.3 is 9.13 Å². The fourth-order valence-electron chi connectivity index (χ4n) is 9.28. The van der Waals surface area contributed by atoms with Gasteiger partial charge in [0.2, 0.25) is 0 Å². The number of para-hydroxylation sites is 1. The van der Waals surface area contributed by atoms with E-state index < -0.39 is 0 Å². The summed E-state index contributed by atoms with van der Waals surface area (Å²) in [5, 5.41) is 10.1. The number of rotatable bonds is 5. The Bertz CT molecular complexity index is 3530. The maximum atomic E-state index is 2.43. The van der Waals surface area contributed by atoms with Crippen LogP contribution in [0.4, 0.5) is 0 Å². The molecule has 0 saturated heterocycles. The van der Waals surface area contributed by atoms with E-state index in [0.717, 1.165) is 11.4 Å². The number of fused-ring (bicyclic) bond motifs is 9. The molecular weight excluding hydrogens is 701 g/mol. The van der Waals surface area contributed by atoms with Crippen molar-refractivity contribution < 1.29 is 0 Å². The highest BCUT2D eigenvalue weighted by atomic mass is 15.0. The van der Waals surface area contributed by atoms with Crippen molar-refractivity contribution in [3.63, 3.8) is 0 Å². The number of aromatic nitrogens is 2. The average Bonchev–Trinajstić information content (AvgIpc) is 3.82. The van der Waals surface area contributed by atoms with E-state index in [2.05, 4.69) is 228 Å². The van der Waals surface area contributed by atoms with E-state index in [-0.39, 0.29) is 0 Å². The molecule has 0 aliphatic heterocycles. The standard InChI is InChI=1S/C56H36N2/c1-2-10-37(11-3-1)39-20-27-47(28-21-39)58-54-32-26-45(36-51(54)56-48-15-7-6-13-41(48)24-33-55(56)58)44-25-31-53-50(35-44)49-16-8-9-17-52(49)57(53)46-29-22-40(23-30-46)43-19-18-38-12-4-5-14-42(38)34-43/h1-36H. The van der Waals surface area contributed by atoms with E-state index in [4.69, 9.17) is 0 Å². The summed E-state index contributed by atoms with van der Waals surface area (Å²) in [5.74, 6) is 0. The Kier molecular flexibility index (Phi) is 7.26. The van der Waals surface area contributed by atoms with Gasteiger partial charge in [0, 0.05) is 32.9 Å². The summed E-state index contributed by atoms with van der Waals surface area (Å²) in [6.45, 7) is 0. The van der Waals surface area contributed by atoms with E-state index >= 15 is 0 Å². The molecule has 0 spiro atoms. The van der Waals surface area contributed by atoms with Gasteiger partial charge in [0.25, 0.3) is 0 Å². The molecule has 0 atom stereocenters. The zero-order chi connectivity index (χ0) is 38.2. The van der Waals surface area contributed by atoms with Gasteiger partial charge in [0.05, 0.1) is 22.1 Å². The molecule has 2 nitrogen and oxygen atoms in total. The molecule has 2 heterocycles. The fraction of sp³-hybridized carbons (Fsp3) is 0. The predicted molar refractivity (Wildman–Crippen MR) is 246 cm³/mol. The van der Waals surface area contributed by atoms with Crippen LogP contribution in [0, 0.1) is 0 Å². The van der Waals surface area contributed by atoms with Crippen LogP contribution < -0.4 is 0 Å². The molecule has 0 saturated carbocycles. The number of benzene rings is 10. The van der Waals surface area contributed by atoms with Crippen LogP contribution in [0.5, 0.6) is 0 Å². The molecule has 10 aromatic carbocycles. The zero-order valence-corrected chi connectivity index (χ0v) is 31.7. The second kappa shape index (κ2) is 12.9. The number of nitrogens with zero attached hydrogens (tertiary/aromatic N) is 2. The lowest BCUT2D eigenvalue weighted by atomic mass is 9.99. The maximum Gasteiger partial charge on any atom is 0.0547 e. The van der Waals surface area contributed by atoms with Crippen LogP contribution >= 0.6 is 0 Å². The molecular formula is C56H36N2. The lowest BCUT2D eigenvalue weighted by Crippen LogP contribution is -1.94. The van der Waals surface area contributed by atoms with Crippen molar-refractivity contribution in [2.75, 3.05) is 0 Å². The van der Waals surface area contributed by atoms with Crippen LogP contribution in [0.3, 0.4) is 0 Å². The van der Waals surface area contributed by atoms with E-state index in [1.54, 1.807) is 0 Å². The second-order valence-corrected chi connectivity index (χ2v) is 15.4. The molecule has 0 bridgehead atoms. The van der Waals surface area contributed by atoms with Crippen molar-refractivity contribution in [3.8, 4) is 44.8 Å². The molecule has 0 fully saturated rings. The maximum absolute atomic E-state index is 2.43. The summed E-state index contributed by atoms with van der Waals surface area (Å²) in [5.41, 5.74) is 14.4. The Labute approximate surface area is 336 Å². The number of hydrogen-bond acceptors (Lipinski definition) is 0. The summed E-state index contributed by atoms with van der Waals surface area (Å²) >= 11 is 0. The van der Waals surface area contributed by atoms with Crippen LogP contribution in [0.25, 0.3) is 110 Å². The van der Waals surface area contributed by atoms with E-state index in [1.807, 2.05) is 0 Å². The van der Waals surface area contributed by atoms with Crippen LogP contribution in [-0.4, -0.2) is 9.13 Å². The van der Waals surface area contributed by atoms with Crippen molar-refractivity contribution in [1.29, 1.82) is 0 Å². The molecule has 0 N–H and O–H groups in total. The summed E-state index contributed by atoms with van der Waals surface area (Å²) in [7, 11) is 0. The summed E-state index contributed by atoms with van der Waals surface area (Å²) in [6.07, 6.45) is 0. The van der Waals surface area contributed by atoms with Gasteiger partial charge in [-0.1, -0.05) is 152 Å². The van der Waals surface area contributed by atoms with E-state index in [1.165, 1.54) is 98.5 Å². The molecule has 2 heteroatoms. The van der Waals surface area contributed by atoms with Crippen LogP contribution in [-0.2, 0) is 0 Å². The second-order valence-electron chi connectivity index (χ2n) is 15.4. The van der Waals surface area contributed by atoms with Crippen molar-refractivity contribution >= 4 is 65.2 Å². The average molecular weight is 737 g/mol. The van der Waals surface area contributed by atoms with Gasteiger partial charge in [-0.15, -0.1) is 0 Å². The molecule has 58 heavy (non-hydrogen) atoms. The summed E-state index contributed by atoms with van der Waals surface area (Å²) < 4.78 is 4.84. The molecule has 0 aliphatic carbocycles. The topological polar surface area (TPSA) is 9.86 Å². The first-order valence-electron chi connectivity index (χ1n) is 20.0. The summed E-state index contributed by atoms with van der Waals surface area (Å²) in [4.78, 5) is 0. The van der Waals surface area contributed by atoms with Crippen molar-refractivity contribution in [3.05, 3.63) is 218 Å². The molecule has 270 valence electrons. The van der Waals surface area contributed by atoms with Gasteiger partial charge in [-0.2, -0.15) is 0 Å². The predicted octanol–water partition coefficient (Wildman–Crippen LogP) is 15.2. The molecule has 0 aliphatic rings. The van der Waals surface area contributed by atoms with Crippen molar-refractivity contribution in [2.45, 2.75) is 0 Å². The first-order valence-corrected chi connectivity index (χ1v) is 20.0. The monoisotopic (exact) mass is 736 g/mol. The van der Waals surface area contributed by atoms with Gasteiger partial charge in [0.15, 0.2) is 0 Å². The Morgan fingerprint density at radius 2 is 0.672 bits per heavy atom. The van der Waals surface area contributed by atoms with Crippen molar-refractivity contribution in [1.82, 2.24) is 9.13 Å². The van der Waals surface area contributed by atoms with Crippen LogP contribution in [0.1, 0.15) is 0 Å². The minimum atomic E-state index is 1.15. The Balaban J connectivity index is 0.987. The molecule has 2 aromatic heterocycles. The van der Waals surface area contributed by atoms with Gasteiger partial charge in [-0.05, 0) is 122 Å². The first-order chi connectivity index (χ1) is 28.7. The molecule has 0 radical (unpaired) electrons. The third-order valence-electron chi connectivity index (χ3n) is 12.1. The van der Waals surface area contributed by atoms with E-state index in [0.29, 0.717) is 0 Å². The Morgan fingerprint density at radius 1 is 0.224 bits per heavy atom. The van der Waals surface area contributed by atoms with Gasteiger partial charge in [-0.3, -0.25) is 0 Å². The lowest BCUT2D eigenvalue weighted by molar-refractivity contribution is 1.18. The van der Waals surface area contributed by atoms with Gasteiger partial charge in [-0.25, -0.2) is 0 Å². The third kappa shape index (κ3) is 5.12. The quantitative estimate of drug-likeness (QED) is 0.167. The lowest BCUT2D eigenvalue weighted by Gasteiger charge is -2.11. The largest absolute Gasteiger partial charge is 0.309 e. The number of hydrogen-bond donors (Lipinski definition) is 0. The SMILES string of the molecule is c1ccc(-c2ccc(-n3c4ccc(-c5ccc6c(c5)c5ccccc5n6-c5ccc(-c6ccc7ccccc7c6)cc5)cc4c4c5ccccc5ccc43)cc2)cc1. The highest BCUT2D eigenvalue weighted by Crippen LogP contribution is 2.41. The minimum Gasteiger partial charge on any atom is -0.309 e. The molecule has 0 amide bonds. The smallest absolute Gasteiger partial charge is 0.0547 e. The highest BCUT2D eigenvalue weighted by Gasteiger charge is 2.18. The normalized spacial score (nSPS) is 11.8. The molecule has 12 aromatic rings. The fourth-order valence-corrected chi connectivity index (χ4v) is 9.28. The van der Waals surface area contributed by atoms with Gasteiger partial charge in [0.1, 0.15) is 0 Å². The minimum absolute atomic E-state index is 1.15. The highest BCUT2D eigenvalue weighted by molar-refractivity contribution is 6.22. The zero-order valence-electron chi connectivity index (χ0n) is 31.7. The summed E-state index contributed by atoms with van der Waals surface area (Å²) in [6, 6.07) is 80.0. The van der Waals surface area contributed by atoms with Crippen LogP contribution in [0.15, 0.2) is 218 Å². The van der Waals surface area contributed by atoms with Crippen molar-refractivity contribution in [2.24, 2.45) is 0 Å². The third-order valence-corrected chi connectivity index (χ3v) is 12.1.